The number of nitrogens with two attached hydrogens (primary N) is 1. The Hall–Kier alpha value is -0.0800. The van der Waals surface area contributed by atoms with E-state index >= 15 is 0 Å². The maximum absolute atomic E-state index is 6.52. The van der Waals surface area contributed by atoms with Crippen molar-refractivity contribution in [3.63, 3.8) is 0 Å². The maximum Gasteiger partial charge on any atom is 0.0512 e. The first kappa shape index (κ1) is 8.25. The van der Waals surface area contributed by atoms with Gasteiger partial charge in [-0.25, -0.2) is 0 Å². The average Bonchev–Trinajstić information content (AvgIpc) is 2.62. The molecule has 3 rings (SSSR count). The molecule has 3 unspecified atom stereocenters. The molecular weight excluding hydrogens is 162 g/mol. The van der Waals surface area contributed by atoms with Crippen LogP contribution in [0.4, 0.5) is 0 Å². The van der Waals surface area contributed by atoms with Gasteiger partial charge in [-0.05, 0) is 31.1 Å². The first-order valence-corrected chi connectivity index (χ1v) is 5.70. The molecule has 0 aromatic carbocycles. The summed E-state index contributed by atoms with van der Waals surface area (Å²) in [5.74, 6) is 2.39. The van der Waals surface area contributed by atoms with Crippen LogP contribution in [0.3, 0.4) is 0 Å². The molecule has 74 valence electrons. The Morgan fingerprint density at radius 2 is 1.77 bits per heavy atom. The molecule has 0 aromatic heterocycles. The summed E-state index contributed by atoms with van der Waals surface area (Å²) < 4.78 is 5.45. The normalized spacial score (nSPS) is 54.7. The fourth-order valence-corrected chi connectivity index (χ4v) is 3.75. The highest BCUT2D eigenvalue weighted by Crippen LogP contribution is 2.61. The average molecular weight is 181 g/mol. The van der Waals surface area contributed by atoms with Crippen molar-refractivity contribution < 1.29 is 4.74 Å². The van der Waals surface area contributed by atoms with Gasteiger partial charge in [-0.15, -0.1) is 0 Å². The third-order valence-electron chi connectivity index (χ3n) is 4.58. The van der Waals surface area contributed by atoms with E-state index in [1.807, 2.05) is 0 Å². The molecule has 0 bridgehead atoms. The molecule has 2 saturated carbocycles. The van der Waals surface area contributed by atoms with Gasteiger partial charge in [-0.3, -0.25) is 0 Å². The minimum Gasteiger partial charge on any atom is -0.381 e. The van der Waals surface area contributed by atoms with E-state index in [2.05, 4.69) is 0 Å². The van der Waals surface area contributed by atoms with E-state index in [-0.39, 0.29) is 5.54 Å². The third kappa shape index (κ3) is 1.02. The first-order chi connectivity index (χ1) is 6.33. The van der Waals surface area contributed by atoms with Gasteiger partial charge < -0.3 is 10.5 Å². The summed E-state index contributed by atoms with van der Waals surface area (Å²) >= 11 is 0. The lowest BCUT2D eigenvalue weighted by molar-refractivity contribution is 0.175. The van der Waals surface area contributed by atoms with Gasteiger partial charge in [0.1, 0.15) is 0 Å². The highest BCUT2D eigenvalue weighted by Gasteiger charge is 2.65. The molecule has 3 fully saturated rings. The van der Waals surface area contributed by atoms with Gasteiger partial charge in [0.05, 0.1) is 6.61 Å². The summed E-state index contributed by atoms with van der Waals surface area (Å²) in [4.78, 5) is 0. The van der Waals surface area contributed by atoms with Crippen LogP contribution in [-0.2, 0) is 4.74 Å². The van der Waals surface area contributed by atoms with Crippen molar-refractivity contribution in [2.45, 2.75) is 37.6 Å². The molecule has 13 heavy (non-hydrogen) atoms. The zero-order valence-corrected chi connectivity index (χ0v) is 8.17. The lowest BCUT2D eigenvalue weighted by atomic mass is 9.93. The Balaban J connectivity index is 1.75. The van der Waals surface area contributed by atoms with Crippen LogP contribution < -0.4 is 5.73 Å². The predicted molar refractivity (Wildman–Crippen MR) is 51.3 cm³/mol. The molecule has 3 aliphatic rings. The SMILES string of the molecule is NC1(C2CCOC2)C2CCCCC21. The number of hydrogen-bond acceptors (Lipinski definition) is 2. The standard InChI is InChI=1S/C11H19NO/c12-11(8-5-6-13-7-8)9-3-1-2-4-10(9)11/h8-10H,1-7,12H2. The summed E-state index contributed by atoms with van der Waals surface area (Å²) in [5.41, 5.74) is 6.72. The Kier molecular flexibility index (Phi) is 1.72. The van der Waals surface area contributed by atoms with Crippen LogP contribution in [0.5, 0.6) is 0 Å². The fraction of sp³-hybridized carbons (Fsp3) is 1.00. The molecule has 1 aliphatic heterocycles. The summed E-state index contributed by atoms with van der Waals surface area (Å²) in [6.45, 7) is 1.88. The second-order valence-electron chi connectivity index (χ2n) is 5.06. The van der Waals surface area contributed by atoms with Crippen LogP contribution in [0.25, 0.3) is 0 Å². The van der Waals surface area contributed by atoms with E-state index < -0.39 is 0 Å². The second-order valence-corrected chi connectivity index (χ2v) is 5.06. The molecule has 1 saturated heterocycles. The maximum atomic E-state index is 6.52. The number of rotatable bonds is 1. The minimum atomic E-state index is 0.201. The van der Waals surface area contributed by atoms with Crippen LogP contribution in [-0.4, -0.2) is 18.8 Å². The van der Waals surface area contributed by atoms with Gasteiger partial charge in [-0.1, -0.05) is 12.8 Å². The highest BCUT2D eigenvalue weighted by molar-refractivity contribution is 5.20. The van der Waals surface area contributed by atoms with Crippen molar-refractivity contribution in [1.29, 1.82) is 0 Å². The van der Waals surface area contributed by atoms with E-state index in [1.165, 1.54) is 32.1 Å². The molecule has 1 heterocycles. The van der Waals surface area contributed by atoms with E-state index in [9.17, 15) is 0 Å². The largest absolute Gasteiger partial charge is 0.381 e. The van der Waals surface area contributed by atoms with Crippen LogP contribution in [0.1, 0.15) is 32.1 Å². The molecule has 3 atom stereocenters. The van der Waals surface area contributed by atoms with Crippen molar-refractivity contribution in [3.8, 4) is 0 Å². The first-order valence-electron chi connectivity index (χ1n) is 5.70. The van der Waals surface area contributed by atoms with Crippen molar-refractivity contribution in [1.82, 2.24) is 0 Å². The number of hydrogen-bond donors (Lipinski definition) is 1. The molecule has 2 heteroatoms. The van der Waals surface area contributed by atoms with Crippen molar-refractivity contribution in [2.75, 3.05) is 13.2 Å². The zero-order chi connectivity index (χ0) is 8.89. The summed E-state index contributed by atoms with van der Waals surface area (Å²) in [7, 11) is 0. The molecule has 0 amide bonds. The zero-order valence-electron chi connectivity index (χ0n) is 8.17. The van der Waals surface area contributed by atoms with Gasteiger partial charge in [0.2, 0.25) is 0 Å². The van der Waals surface area contributed by atoms with Gasteiger partial charge >= 0.3 is 0 Å². The summed E-state index contributed by atoms with van der Waals surface area (Å²) in [5, 5.41) is 0. The molecule has 2 nitrogen and oxygen atoms in total. The second kappa shape index (κ2) is 2.71. The summed E-state index contributed by atoms with van der Waals surface area (Å²) in [6.07, 6.45) is 6.81. The third-order valence-corrected chi connectivity index (χ3v) is 4.58. The van der Waals surface area contributed by atoms with Gasteiger partial charge in [0, 0.05) is 18.1 Å². The van der Waals surface area contributed by atoms with Gasteiger partial charge in [0.25, 0.3) is 0 Å². The van der Waals surface area contributed by atoms with E-state index in [0.717, 1.165) is 25.0 Å². The number of ether oxygens (including phenoxy) is 1. The van der Waals surface area contributed by atoms with Crippen molar-refractivity contribution in [3.05, 3.63) is 0 Å². The van der Waals surface area contributed by atoms with E-state index in [0.29, 0.717) is 5.92 Å². The molecule has 0 spiro atoms. The minimum absolute atomic E-state index is 0.201. The Morgan fingerprint density at radius 3 is 2.31 bits per heavy atom. The van der Waals surface area contributed by atoms with Gasteiger partial charge in [0.15, 0.2) is 0 Å². The van der Waals surface area contributed by atoms with Crippen LogP contribution in [0.15, 0.2) is 0 Å². The topological polar surface area (TPSA) is 35.2 Å². The van der Waals surface area contributed by atoms with E-state index in [1.54, 1.807) is 0 Å². The molecular formula is C11H19NO. The predicted octanol–water partition coefficient (Wildman–Crippen LogP) is 1.54. The summed E-state index contributed by atoms with van der Waals surface area (Å²) in [6, 6.07) is 0. The van der Waals surface area contributed by atoms with Crippen LogP contribution in [0, 0.1) is 17.8 Å². The smallest absolute Gasteiger partial charge is 0.0512 e. The Labute approximate surface area is 79.8 Å². The van der Waals surface area contributed by atoms with Crippen molar-refractivity contribution in [2.24, 2.45) is 23.5 Å². The monoisotopic (exact) mass is 181 g/mol. The molecule has 2 aliphatic carbocycles. The number of fused-ring (bicyclic) bond motifs is 1. The molecule has 0 radical (unpaired) electrons. The highest BCUT2D eigenvalue weighted by atomic mass is 16.5. The Bertz CT molecular complexity index is 198. The fourth-order valence-electron chi connectivity index (χ4n) is 3.75. The lowest BCUT2D eigenvalue weighted by Crippen LogP contribution is -2.36. The van der Waals surface area contributed by atoms with Crippen LogP contribution >= 0.6 is 0 Å². The quantitative estimate of drug-likeness (QED) is 0.666. The van der Waals surface area contributed by atoms with E-state index in [4.69, 9.17) is 10.5 Å². The van der Waals surface area contributed by atoms with Gasteiger partial charge in [-0.2, -0.15) is 0 Å². The van der Waals surface area contributed by atoms with Crippen LogP contribution in [0.2, 0.25) is 0 Å². The molecule has 2 N–H and O–H groups in total. The van der Waals surface area contributed by atoms with Crippen molar-refractivity contribution >= 4 is 0 Å². The Morgan fingerprint density at radius 1 is 1.08 bits per heavy atom. The lowest BCUT2D eigenvalue weighted by Gasteiger charge is -2.18. The molecule has 0 aromatic rings.